The second-order valence-corrected chi connectivity index (χ2v) is 6.56. The largest absolute Gasteiger partial charge is 0.394 e. The molecule has 0 aliphatic carbocycles. The molecule has 8 heteroatoms. The van der Waals surface area contributed by atoms with Crippen LogP contribution in [-0.2, 0) is 33.7 Å². The first-order chi connectivity index (χ1) is 11.9. The Morgan fingerprint density at radius 3 is 2.48 bits per heavy atom. The Hall–Kier alpha value is -2.48. The molecular weight excluding hydrogens is 318 g/mol. The fourth-order valence-corrected chi connectivity index (χ4v) is 3.13. The van der Waals surface area contributed by atoms with Gasteiger partial charge in [0.05, 0.1) is 51.4 Å². The number of hydrogen-bond donors (Lipinski definition) is 1. The Bertz CT molecular complexity index is 887. The topological polar surface area (TPSA) is 68.6 Å². The Morgan fingerprint density at radius 2 is 1.84 bits per heavy atom. The van der Waals surface area contributed by atoms with Crippen molar-refractivity contribution in [1.82, 2.24) is 24.2 Å². The van der Waals surface area contributed by atoms with Gasteiger partial charge in [-0.15, -0.1) is 9.36 Å². The third kappa shape index (κ3) is 3.34. The summed E-state index contributed by atoms with van der Waals surface area (Å²) in [6.45, 7) is 8.28. The quantitative estimate of drug-likeness (QED) is 0.615. The molecule has 0 aliphatic rings. The van der Waals surface area contributed by atoms with Crippen LogP contribution >= 0.6 is 0 Å². The number of rotatable bonds is 6. The van der Waals surface area contributed by atoms with E-state index in [2.05, 4.69) is 47.8 Å². The number of aryl methyl sites for hydroxylation is 3. The van der Waals surface area contributed by atoms with E-state index < -0.39 is 0 Å². The Morgan fingerprint density at radius 1 is 1.08 bits per heavy atom. The van der Waals surface area contributed by atoms with Crippen LogP contribution in [0.4, 0.5) is 0 Å². The molecule has 0 radical (unpaired) electrons. The number of aliphatic hydroxyl groups excluding tert-OH is 1. The first-order valence-corrected chi connectivity index (χ1v) is 8.48. The maximum atomic E-state index is 9.09. The maximum Gasteiger partial charge on any atom is 0.229 e. The van der Waals surface area contributed by atoms with E-state index in [9.17, 15) is 0 Å². The van der Waals surface area contributed by atoms with Gasteiger partial charge in [0.2, 0.25) is 18.8 Å². The fraction of sp³-hybridized carbons (Fsp3) is 0.529. The van der Waals surface area contributed by atoms with E-state index >= 15 is 0 Å². The first kappa shape index (κ1) is 17.3. The zero-order chi connectivity index (χ0) is 18.1. The highest BCUT2D eigenvalue weighted by atomic mass is 16.3. The van der Waals surface area contributed by atoms with Gasteiger partial charge in [0.25, 0.3) is 0 Å². The molecule has 0 saturated heterocycles. The molecule has 0 fully saturated rings. The van der Waals surface area contributed by atoms with Gasteiger partial charge >= 0.3 is 0 Å². The fourth-order valence-electron chi connectivity index (χ4n) is 3.13. The molecular formula is C17H27N7O+2. The first-order valence-electron chi connectivity index (χ1n) is 8.48. The predicted octanol–water partition coefficient (Wildman–Crippen LogP) is -0.456. The van der Waals surface area contributed by atoms with Crippen LogP contribution in [0.15, 0.2) is 18.6 Å². The molecule has 0 aromatic carbocycles. The summed E-state index contributed by atoms with van der Waals surface area (Å²) < 4.78 is 8.15. The number of aromatic nitrogens is 7. The molecule has 8 nitrogen and oxygen atoms in total. The van der Waals surface area contributed by atoms with Crippen molar-refractivity contribution in [3.05, 3.63) is 46.8 Å². The van der Waals surface area contributed by atoms with Crippen molar-refractivity contribution in [2.75, 3.05) is 6.61 Å². The summed E-state index contributed by atoms with van der Waals surface area (Å²) in [5.41, 5.74) is 5.71. The van der Waals surface area contributed by atoms with Gasteiger partial charge in [0.1, 0.15) is 0 Å². The minimum atomic E-state index is 0.0916. The van der Waals surface area contributed by atoms with Gasteiger partial charge in [-0.1, -0.05) is 0 Å². The molecule has 3 rings (SSSR count). The molecule has 1 N–H and O–H groups in total. The van der Waals surface area contributed by atoms with E-state index in [-0.39, 0.29) is 6.61 Å². The van der Waals surface area contributed by atoms with Crippen LogP contribution in [0.1, 0.15) is 28.2 Å². The lowest BCUT2D eigenvalue weighted by atomic mass is 10.2. The van der Waals surface area contributed by atoms with E-state index in [1.807, 2.05) is 34.3 Å². The Kier molecular flexibility index (Phi) is 4.71. The summed E-state index contributed by atoms with van der Waals surface area (Å²) in [7, 11) is 4.05. The van der Waals surface area contributed by atoms with E-state index in [1.165, 1.54) is 11.3 Å². The molecule has 0 bridgehead atoms. The normalized spacial score (nSPS) is 11.4. The lowest BCUT2D eigenvalue weighted by Crippen LogP contribution is -2.47. The van der Waals surface area contributed by atoms with Gasteiger partial charge in [0.15, 0.2) is 5.69 Å². The average Bonchev–Trinajstić information content (AvgIpc) is 3.16. The van der Waals surface area contributed by atoms with Gasteiger partial charge in [-0.25, -0.2) is 0 Å². The van der Waals surface area contributed by atoms with Crippen LogP contribution in [0.2, 0.25) is 0 Å². The summed E-state index contributed by atoms with van der Waals surface area (Å²) in [6, 6.07) is 0. The summed E-state index contributed by atoms with van der Waals surface area (Å²) in [5, 5.41) is 18.2. The van der Waals surface area contributed by atoms with Gasteiger partial charge in [-0.3, -0.25) is 4.68 Å². The van der Waals surface area contributed by atoms with E-state index in [0.717, 1.165) is 23.5 Å². The number of nitrogens with zero attached hydrogens (tertiary/aromatic N) is 7. The molecule has 0 spiro atoms. The zero-order valence-corrected chi connectivity index (χ0v) is 15.6. The summed E-state index contributed by atoms with van der Waals surface area (Å²) in [6.07, 6.45) is 6.04. The van der Waals surface area contributed by atoms with E-state index in [0.29, 0.717) is 13.1 Å². The van der Waals surface area contributed by atoms with Gasteiger partial charge in [-0.05, 0) is 13.8 Å². The molecule has 3 aromatic rings. The molecule has 25 heavy (non-hydrogen) atoms. The van der Waals surface area contributed by atoms with Crippen LogP contribution in [0.3, 0.4) is 0 Å². The monoisotopic (exact) mass is 345 g/mol. The van der Waals surface area contributed by atoms with Gasteiger partial charge in [-0.2, -0.15) is 9.78 Å². The predicted molar refractivity (Wildman–Crippen MR) is 90.7 cm³/mol. The maximum absolute atomic E-state index is 9.09. The summed E-state index contributed by atoms with van der Waals surface area (Å²) in [4.78, 5) is 1.94. The highest BCUT2D eigenvalue weighted by Crippen LogP contribution is 2.07. The Labute approximate surface area is 147 Å². The van der Waals surface area contributed by atoms with Crippen LogP contribution in [0.25, 0.3) is 0 Å². The van der Waals surface area contributed by atoms with Crippen molar-refractivity contribution in [3.8, 4) is 0 Å². The van der Waals surface area contributed by atoms with Crippen LogP contribution < -0.4 is 9.48 Å². The van der Waals surface area contributed by atoms with Crippen molar-refractivity contribution in [3.63, 3.8) is 0 Å². The molecule has 0 amide bonds. The smallest absolute Gasteiger partial charge is 0.229 e. The third-order valence-corrected chi connectivity index (χ3v) is 4.80. The molecule has 0 saturated carbocycles. The van der Waals surface area contributed by atoms with Crippen LogP contribution in [0.5, 0.6) is 0 Å². The third-order valence-electron chi connectivity index (χ3n) is 4.80. The van der Waals surface area contributed by atoms with Crippen molar-refractivity contribution >= 4 is 0 Å². The Balaban J connectivity index is 1.81. The van der Waals surface area contributed by atoms with Crippen molar-refractivity contribution < 1.29 is 14.6 Å². The van der Waals surface area contributed by atoms with E-state index in [4.69, 9.17) is 10.2 Å². The van der Waals surface area contributed by atoms with Crippen molar-refractivity contribution in [2.24, 2.45) is 14.1 Å². The van der Waals surface area contributed by atoms with Crippen LogP contribution in [-0.4, -0.2) is 36.0 Å². The van der Waals surface area contributed by atoms with E-state index in [1.54, 1.807) is 0 Å². The second kappa shape index (κ2) is 6.79. The summed E-state index contributed by atoms with van der Waals surface area (Å²) in [5.74, 6) is 0. The standard InChI is InChI=1S/C17H27N7O/c1-13-9-20(4)23(14(13)2)12-17-11-21(5)24(19-17)10-16-8-18-22(6-7-25)15(16)3/h8-9,11,25H,6-7,10,12H2,1-5H3/q+2. The number of aliphatic hydroxyl groups is 1. The van der Waals surface area contributed by atoms with Crippen LogP contribution in [0, 0.1) is 20.8 Å². The van der Waals surface area contributed by atoms with Gasteiger partial charge in [0, 0.05) is 28.1 Å². The SMILES string of the molecule is Cc1cn(C)[n+](Cc2cn(C)[n+](Cc3cnn(CCO)c3C)n2)c1C. The molecule has 3 aromatic heterocycles. The number of hydrogen-bond acceptors (Lipinski definition) is 3. The highest BCUT2D eigenvalue weighted by Gasteiger charge is 2.22. The lowest BCUT2D eigenvalue weighted by molar-refractivity contribution is -0.819. The second-order valence-electron chi connectivity index (χ2n) is 6.56. The minimum absolute atomic E-state index is 0.0916. The molecule has 3 heterocycles. The minimum Gasteiger partial charge on any atom is -0.394 e. The zero-order valence-electron chi connectivity index (χ0n) is 15.6. The van der Waals surface area contributed by atoms with Crippen molar-refractivity contribution in [1.29, 1.82) is 0 Å². The lowest BCUT2D eigenvalue weighted by Gasteiger charge is -2.01. The summed E-state index contributed by atoms with van der Waals surface area (Å²) >= 11 is 0. The highest BCUT2D eigenvalue weighted by molar-refractivity contribution is 5.14. The average molecular weight is 345 g/mol. The van der Waals surface area contributed by atoms with Gasteiger partial charge < -0.3 is 5.11 Å². The molecule has 0 unspecified atom stereocenters. The molecule has 0 aliphatic heterocycles. The molecule has 0 atom stereocenters. The van der Waals surface area contributed by atoms with Crippen molar-refractivity contribution in [2.45, 2.75) is 40.4 Å². The molecule has 134 valence electrons.